The predicted molar refractivity (Wildman–Crippen MR) is 73.4 cm³/mol. The summed E-state index contributed by atoms with van der Waals surface area (Å²) in [4.78, 5) is 2.59. The molecule has 0 aromatic heterocycles. The fourth-order valence-electron chi connectivity index (χ4n) is 3.02. The highest BCUT2D eigenvalue weighted by atomic mass is 16.5. The normalized spacial score (nSPS) is 29.8. The van der Waals surface area contributed by atoms with Crippen molar-refractivity contribution < 1.29 is 4.74 Å². The standard InChI is InChI=1S/C14H30N2O/c1-5-15-13-8-7-12(3)11-14(13)16(6-2)9-10-17-4/h12-15H,5-11H2,1-4H3. The average molecular weight is 242 g/mol. The van der Waals surface area contributed by atoms with Gasteiger partial charge in [0.15, 0.2) is 0 Å². The zero-order valence-electron chi connectivity index (χ0n) is 12.0. The minimum Gasteiger partial charge on any atom is -0.383 e. The Labute approximate surface area is 107 Å². The molecular formula is C14H30N2O. The van der Waals surface area contributed by atoms with Gasteiger partial charge < -0.3 is 10.1 Å². The van der Waals surface area contributed by atoms with Gasteiger partial charge in [-0.2, -0.15) is 0 Å². The Morgan fingerprint density at radius 2 is 2.06 bits per heavy atom. The van der Waals surface area contributed by atoms with Gasteiger partial charge >= 0.3 is 0 Å². The number of hydrogen-bond donors (Lipinski definition) is 1. The van der Waals surface area contributed by atoms with Crippen LogP contribution in [0.4, 0.5) is 0 Å². The number of methoxy groups -OCH3 is 1. The Hall–Kier alpha value is -0.120. The first-order valence-corrected chi connectivity index (χ1v) is 7.19. The molecule has 0 amide bonds. The number of nitrogens with one attached hydrogen (secondary N) is 1. The molecule has 1 N–H and O–H groups in total. The fraction of sp³-hybridized carbons (Fsp3) is 1.00. The lowest BCUT2D eigenvalue weighted by atomic mass is 9.82. The number of rotatable bonds is 7. The molecule has 1 fully saturated rings. The Balaban J connectivity index is 2.58. The lowest BCUT2D eigenvalue weighted by Crippen LogP contribution is -2.53. The monoisotopic (exact) mass is 242 g/mol. The van der Waals surface area contributed by atoms with E-state index in [4.69, 9.17) is 4.74 Å². The van der Waals surface area contributed by atoms with Crippen molar-refractivity contribution in [1.29, 1.82) is 0 Å². The highest BCUT2D eigenvalue weighted by Crippen LogP contribution is 2.27. The van der Waals surface area contributed by atoms with Crippen molar-refractivity contribution in [2.45, 2.75) is 52.1 Å². The van der Waals surface area contributed by atoms with Gasteiger partial charge in [-0.15, -0.1) is 0 Å². The van der Waals surface area contributed by atoms with Crippen LogP contribution in [0.5, 0.6) is 0 Å². The molecule has 1 rings (SSSR count). The van der Waals surface area contributed by atoms with Crippen LogP contribution < -0.4 is 5.32 Å². The molecule has 1 saturated carbocycles. The lowest BCUT2D eigenvalue weighted by molar-refractivity contribution is 0.0752. The van der Waals surface area contributed by atoms with E-state index in [1.54, 1.807) is 7.11 Å². The molecule has 0 spiro atoms. The molecule has 1 aliphatic rings. The summed E-state index contributed by atoms with van der Waals surface area (Å²) < 4.78 is 5.22. The third kappa shape index (κ3) is 4.57. The van der Waals surface area contributed by atoms with Crippen molar-refractivity contribution in [3.8, 4) is 0 Å². The van der Waals surface area contributed by atoms with Crippen LogP contribution in [0.15, 0.2) is 0 Å². The van der Waals surface area contributed by atoms with E-state index in [-0.39, 0.29) is 0 Å². The van der Waals surface area contributed by atoms with Gasteiger partial charge in [-0.1, -0.05) is 20.8 Å². The van der Waals surface area contributed by atoms with Gasteiger partial charge in [0.2, 0.25) is 0 Å². The summed E-state index contributed by atoms with van der Waals surface area (Å²) in [6.45, 7) is 11.0. The molecule has 3 heteroatoms. The Morgan fingerprint density at radius 3 is 2.65 bits per heavy atom. The van der Waals surface area contributed by atoms with E-state index >= 15 is 0 Å². The van der Waals surface area contributed by atoms with E-state index in [9.17, 15) is 0 Å². The van der Waals surface area contributed by atoms with E-state index < -0.39 is 0 Å². The van der Waals surface area contributed by atoms with Crippen LogP contribution in [0.3, 0.4) is 0 Å². The van der Waals surface area contributed by atoms with Gasteiger partial charge in [-0.05, 0) is 38.3 Å². The Kier molecular flexibility index (Phi) is 7.09. The van der Waals surface area contributed by atoms with Gasteiger partial charge in [-0.25, -0.2) is 0 Å². The third-order valence-corrected chi connectivity index (χ3v) is 4.00. The highest BCUT2D eigenvalue weighted by molar-refractivity contribution is 4.89. The molecule has 102 valence electrons. The molecule has 17 heavy (non-hydrogen) atoms. The number of ether oxygens (including phenoxy) is 1. The molecule has 0 saturated heterocycles. The van der Waals surface area contributed by atoms with E-state index in [2.05, 4.69) is 31.0 Å². The molecule has 0 heterocycles. The van der Waals surface area contributed by atoms with Crippen molar-refractivity contribution in [2.75, 3.05) is 33.4 Å². The van der Waals surface area contributed by atoms with Gasteiger partial charge in [0.05, 0.1) is 6.61 Å². The Bertz CT molecular complexity index is 199. The smallest absolute Gasteiger partial charge is 0.0589 e. The molecule has 0 aromatic carbocycles. The van der Waals surface area contributed by atoms with Crippen molar-refractivity contribution in [1.82, 2.24) is 10.2 Å². The zero-order chi connectivity index (χ0) is 12.7. The molecule has 3 unspecified atom stereocenters. The summed E-state index contributed by atoms with van der Waals surface area (Å²) in [5.74, 6) is 0.867. The van der Waals surface area contributed by atoms with Gasteiger partial charge in [-0.3, -0.25) is 4.90 Å². The first-order valence-electron chi connectivity index (χ1n) is 7.19. The van der Waals surface area contributed by atoms with E-state index in [0.717, 1.165) is 32.2 Å². The van der Waals surface area contributed by atoms with Gasteiger partial charge in [0.1, 0.15) is 0 Å². The predicted octanol–water partition coefficient (Wildman–Crippen LogP) is 2.12. The molecule has 0 bridgehead atoms. The first-order chi connectivity index (χ1) is 8.22. The summed E-state index contributed by atoms with van der Waals surface area (Å²) in [7, 11) is 1.79. The molecule has 3 nitrogen and oxygen atoms in total. The van der Waals surface area contributed by atoms with E-state index in [1.165, 1.54) is 19.3 Å². The van der Waals surface area contributed by atoms with Crippen LogP contribution in [0, 0.1) is 5.92 Å². The van der Waals surface area contributed by atoms with Crippen molar-refractivity contribution >= 4 is 0 Å². The summed E-state index contributed by atoms with van der Waals surface area (Å²) in [6, 6.07) is 1.37. The SMILES string of the molecule is CCNC1CCC(C)CC1N(CC)CCOC. The fourth-order valence-corrected chi connectivity index (χ4v) is 3.02. The van der Waals surface area contributed by atoms with Crippen LogP contribution in [0.25, 0.3) is 0 Å². The van der Waals surface area contributed by atoms with E-state index in [0.29, 0.717) is 12.1 Å². The van der Waals surface area contributed by atoms with Crippen LogP contribution in [-0.2, 0) is 4.74 Å². The minimum absolute atomic E-state index is 0.674. The molecule has 3 atom stereocenters. The van der Waals surface area contributed by atoms with Gasteiger partial charge in [0, 0.05) is 25.7 Å². The highest BCUT2D eigenvalue weighted by Gasteiger charge is 2.31. The van der Waals surface area contributed by atoms with Crippen LogP contribution in [0.1, 0.15) is 40.0 Å². The van der Waals surface area contributed by atoms with Crippen LogP contribution >= 0.6 is 0 Å². The number of likely N-dealkylation sites (N-methyl/N-ethyl adjacent to an activating group) is 2. The third-order valence-electron chi connectivity index (χ3n) is 4.00. The topological polar surface area (TPSA) is 24.5 Å². The first kappa shape index (κ1) is 14.9. The number of hydrogen-bond acceptors (Lipinski definition) is 3. The summed E-state index contributed by atoms with van der Waals surface area (Å²) in [5.41, 5.74) is 0. The molecule has 0 aromatic rings. The quantitative estimate of drug-likeness (QED) is 0.740. The summed E-state index contributed by atoms with van der Waals surface area (Å²) in [5, 5.41) is 3.66. The average Bonchev–Trinajstić information content (AvgIpc) is 2.33. The second kappa shape index (κ2) is 8.06. The van der Waals surface area contributed by atoms with Crippen LogP contribution in [0.2, 0.25) is 0 Å². The number of nitrogens with zero attached hydrogens (tertiary/aromatic N) is 1. The van der Waals surface area contributed by atoms with Crippen molar-refractivity contribution in [3.63, 3.8) is 0 Å². The largest absolute Gasteiger partial charge is 0.383 e. The Morgan fingerprint density at radius 1 is 1.29 bits per heavy atom. The van der Waals surface area contributed by atoms with Crippen molar-refractivity contribution in [2.24, 2.45) is 5.92 Å². The van der Waals surface area contributed by atoms with Crippen molar-refractivity contribution in [3.05, 3.63) is 0 Å². The maximum absolute atomic E-state index is 5.22. The second-order valence-electron chi connectivity index (χ2n) is 5.27. The van der Waals surface area contributed by atoms with E-state index in [1.807, 2.05) is 0 Å². The zero-order valence-corrected chi connectivity index (χ0v) is 12.0. The second-order valence-corrected chi connectivity index (χ2v) is 5.27. The molecule has 1 aliphatic carbocycles. The minimum atomic E-state index is 0.674. The molecule has 0 radical (unpaired) electrons. The maximum Gasteiger partial charge on any atom is 0.0589 e. The maximum atomic E-state index is 5.22. The summed E-state index contributed by atoms with van der Waals surface area (Å²) in [6.07, 6.45) is 4.02. The van der Waals surface area contributed by atoms with Crippen LogP contribution in [-0.4, -0.2) is 50.3 Å². The molecule has 0 aliphatic heterocycles. The summed E-state index contributed by atoms with van der Waals surface area (Å²) >= 11 is 0. The molecular weight excluding hydrogens is 212 g/mol. The lowest BCUT2D eigenvalue weighted by Gasteiger charge is -2.42. The van der Waals surface area contributed by atoms with Gasteiger partial charge in [0.25, 0.3) is 0 Å².